The topological polar surface area (TPSA) is 72.6 Å². The summed E-state index contributed by atoms with van der Waals surface area (Å²) >= 11 is 0. The predicted octanol–water partition coefficient (Wildman–Crippen LogP) is 0.381. The minimum atomic E-state index is -0.300. The van der Waals surface area contributed by atoms with Crippen molar-refractivity contribution in [2.45, 2.75) is 32.2 Å². The maximum Gasteiger partial charge on any atom is 0.310 e. The first-order chi connectivity index (χ1) is 7.95. The van der Waals surface area contributed by atoms with Gasteiger partial charge in [0.1, 0.15) is 0 Å². The van der Waals surface area contributed by atoms with E-state index in [1.165, 1.54) is 7.11 Å². The van der Waals surface area contributed by atoms with Crippen LogP contribution in [0.5, 0.6) is 0 Å². The smallest absolute Gasteiger partial charge is 0.310 e. The second kappa shape index (κ2) is 6.00. The van der Waals surface area contributed by atoms with Crippen LogP contribution in [0.2, 0.25) is 0 Å². The van der Waals surface area contributed by atoms with E-state index in [1.54, 1.807) is 18.9 Å². The second-order valence-corrected chi connectivity index (χ2v) is 4.90. The number of carbonyl (C=O) groups excluding carboxylic acids is 2. The van der Waals surface area contributed by atoms with Crippen molar-refractivity contribution in [1.29, 1.82) is 0 Å². The van der Waals surface area contributed by atoms with Crippen molar-refractivity contribution in [1.82, 2.24) is 4.90 Å². The first-order valence-corrected chi connectivity index (χ1v) is 6.03. The molecule has 0 aromatic rings. The molecule has 0 spiro atoms. The zero-order valence-corrected chi connectivity index (χ0v) is 10.8. The zero-order chi connectivity index (χ0) is 13.0. The van der Waals surface area contributed by atoms with Crippen molar-refractivity contribution in [3.8, 4) is 0 Å². The number of hydrogen-bond donors (Lipinski definition) is 1. The highest BCUT2D eigenvalue weighted by atomic mass is 16.5. The van der Waals surface area contributed by atoms with Crippen LogP contribution in [0, 0.1) is 11.8 Å². The van der Waals surface area contributed by atoms with Crippen molar-refractivity contribution >= 4 is 11.9 Å². The Hall–Kier alpha value is -1.10. The Bertz CT molecular complexity index is 289. The van der Waals surface area contributed by atoms with E-state index in [9.17, 15) is 9.59 Å². The first kappa shape index (κ1) is 14.0. The van der Waals surface area contributed by atoms with Gasteiger partial charge >= 0.3 is 5.97 Å². The third-order valence-electron chi connectivity index (χ3n) is 3.21. The average molecular weight is 242 g/mol. The highest BCUT2D eigenvalue weighted by Gasteiger charge is 2.30. The Kier molecular flexibility index (Phi) is 4.93. The summed E-state index contributed by atoms with van der Waals surface area (Å²) in [5.74, 6) is -0.0761. The van der Waals surface area contributed by atoms with E-state index in [-0.39, 0.29) is 23.8 Å². The van der Waals surface area contributed by atoms with Gasteiger partial charge in [0.25, 0.3) is 0 Å². The van der Waals surface area contributed by atoms with E-state index in [1.807, 2.05) is 0 Å². The van der Waals surface area contributed by atoms with Crippen LogP contribution < -0.4 is 5.73 Å². The highest BCUT2D eigenvalue weighted by Crippen LogP contribution is 2.32. The Balaban J connectivity index is 2.32. The normalized spacial score (nSPS) is 18.4. The number of nitrogens with two attached hydrogens (primary N) is 1. The largest absolute Gasteiger partial charge is 0.469 e. The van der Waals surface area contributed by atoms with E-state index in [4.69, 9.17) is 5.73 Å². The van der Waals surface area contributed by atoms with Gasteiger partial charge in [-0.2, -0.15) is 0 Å². The monoisotopic (exact) mass is 242 g/mol. The lowest BCUT2D eigenvalue weighted by Crippen LogP contribution is -2.38. The summed E-state index contributed by atoms with van der Waals surface area (Å²) in [5, 5.41) is 0. The van der Waals surface area contributed by atoms with Crippen molar-refractivity contribution in [3.05, 3.63) is 0 Å². The lowest BCUT2D eigenvalue weighted by atomic mass is 10.1. The van der Waals surface area contributed by atoms with Crippen LogP contribution in [0.15, 0.2) is 0 Å². The van der Waals surface area contributed by atoms with E-state index in [0.717, 1.165) is 12.8 Å². The number of ether oxygens (including phenoxy) is 1. The fourth-order valence-electron chi connectivity index (χ4n) is 1.84. The summed E-state index contributed by atoms with van der Waals surface area (Å²) in [4.78, 5) is 24.6. The van der Waals surface area contributed by atoms with Gasteiger partial charge in [0, 0.05) is 26.1 Å². The number of methoxy groups -OCH3 is 1. The number of nitrogens with zero attached hydrogens (tertiary/aromatic N) is 1. The predicted molar refractivity (Wildman–Crippen MR) is 64.1 cm³/mol. The second-order valence-electron chi connectivity index (χ2n) is 4.90. The molecule has 1 aliphatic carbocycles. The van der Waals surface area contributed by atoms with Crippen molar-refractivity contribution in [3.63, 3.8) is 0 Å². The SMILES string of the molecule is COC(=O)C(C)CN(C)C(=O)CC(N)C1CC1. The molecule has 0 aliphatic heterocycles. The molecule has 2 N–H and O–H groups in total. The highest BCUT2D eigenvalue weighted by molar-refractivity contribution is 5.78. The maximum absolute atomic E-state index is 11.8. The van der Waals surface area contributed by atoms with Crippen molar-refractivity contribution < 1.29 is 14.3 Å². The van der Waals surface area contributed by atoms with Gasteiger partial charge in [-0.3, -0.25) is 9.59 Å². The van der Waals surface area contributed by atoms with Gasteiger partial charge in [-0.1, -0.05) is 6.92 Å². The summed E-state index contributed by atoms with van der Waals surface area (Å²) in [6.07, 6.45) is 2.64. The standard InChI is InChI=1S/C12H22N2O3/c1-8(12(16)17-3)7-14(2)11(15)6-10(13)9-4-5-9/h8-10H,4-7,13H2,1-3H3. The molecule has 5 heteroatoms. The van der Waals surface area contributed by atoms with Gasteiger partial charge in [-0.05, 0) is 18.8 Å². The van der Waals surface area contributed by atoms with Gasteiger partial charge in [-0.25, -0.2) is 0 Å². The summed E-state index contributed by atoms with van der Waals surface area (Å²) in [7, 11) is 3.05. The molecule has 1 fully saturated rings. The fourth-order valence-corrected chi connectivity index (χ4v) is 1.84. The lowest BCUT2D eigenvalue weighted by molar-refractivity contribution is -0.146. The Morgan fingerprint density at radius 3 is 2.53 bits per heavy atom. The van der Waals surface area contributed by atoms with Crippen LogP contribution in [-0.4, -0.2) is 43.5 Å². The molecule has 0 aromatic carbocycles. The van der Waals surface area contributed by atoms with E-state index in [2.05, 4.69) is 4.74 Å². The number of esters is 1. The first-order valence-electron chi connectivity index (χ1n) is 6.03. The van der Waals surface area contributed by atoms with E-state index >= 15 is 0 Å². The lowest BCUT2D eigenvalue weighted by Gasteiger charge is -2.22. The molecule has 1 amide bonds. The van der Waals surface area contributed by atoms with Crippen LogP contribution in [0.25, 0.3) is 0 Å². The van der Waals surface area contributed by atoms with Crippen LogP contribution in [0.3, 0.4) is 0 Å². The third-order valence-corrected chi connectivity index (χ3v) is 3.21. The van der Waals surface area contributed by atoms with Gasteiger partial charge in [0.15, 0.2) is 0 Å². The molecule has 2 atom stereocenters. The van der Waals surface area contributed by atoms with Crippen LogP contribution in [0.1, 0.15) is 26.2 Å². The van der Waals surface area contributed by atoms with E-state index < -0.39 is 0 Å². The molecule has 0 aromatic heterocycles. The molecule has 0 heterocycles. The van der Waals surface area contributed by atoms with Crippen molar-refractivity contribution in [2.75, 3.05) is 20.7 Å². The molecule has 0 saturated heterocycles. The molecule has 1 saturated carbocycles. The molecule has 0 radical (unpaired) electrons. The van der Waals surface area contributed by atoms with Crippen LogP contribution >= 0.6 is 0 Å². The average Bonchev–Trinajstić information content (AvgIpc) is 3.11. The Labute approximate surface area is 102 Å². The number of rotatable bonds is 6. The summed E-state index contributed by atoms with van der Waals surface area (Å²) in [5.41, 5.74) is 5.90. The third kappa shape index (κ3) is 4.34. The minimum Gasteiger partial charge on any atom is -0.469 e. The minimum absolute atomic E-state index is 0.000142. The molecular formula is C12H22N2O3. The van der Waals surface area contributed by atoms with Crippen LogP contribution in [0.4, 0.5) is 0 Å². The Morgan fingerprint density at radius 2 is 2.06 bits per heavy atom. The molecular weight excluding hydrogens is 220 g/mol. The molecule has 17 heavy (non-hydrogen) atoms. The van der Waals surface area contributed by atoms with Gasteiger partial charge in [-0.15, -0.1) is 0 Å². The molecule has 1 aliphatic rings. The summed E-state index contributed by atoms with van der Waals surface area (Å²) in [6.45, 7) is 2.12. The molecule has 98 valence electrons. The molecule has 1 rings (SSSR count). The summed E-state index contributed by atoms with van der Waals surface area (Å²) < 4.78 is 4.62. The maximum atomic E-state index is 11.8. The number of carbonyl (C=O) groups is 2. The van der Waals surface area contributed by atoms with Gasteiger partial charge in [0.2, 0.25) is 5.91 Å². The number of hydrogen-bond acceptors (Lipinski definition) is 4. The summed E-state index contributed by atoms with van der Waals surface area (Å²) in [6, 6.07) is -0.0293. The van der Waals surface area contributed by atoms with Gasteiger partial charge in [0.05, 0.1) is 13.0 Å². The zero-order valence-electron chi connectivity index (χ0n) is 10.8. The van der Waals surface area contributed by atoms with Crippen molar-refractivity contribution in [2.24, 2.45) is 17.6 Å². The number of amides is 1. The van der Waals surface area contributed by atoms with Crippen LogP contribution in [-0.2, 0) is 14.3 Å². The van der Waals surface area contributed by atoms with E-state index in [0.29, 0.717) is 18.9 Å². The molecule has 0 bridgehead atoms. The molecule has 2 unspecified atom stereocenters. The van der Waals surface area contributed by atoms with Gasteiger partial charge < -0.3 is 15.4 Å². The molecule has 5 nitrogen and oxygen atoms in total. The quantitative estimate of drug-likeness (QED) is 0.683. The fraction of sp³-hybridized carbons (Fsp3) is 0.833. The Morgan fingerprint density at radius 1 is 1.47 bits per heavy atom.